The summed E-state index contributed by atoms with van der Waals surface area (Å²) in [5.41, 5.74) is 3.91. The van der Waals surface area contributed by atoms with Crippen molar-refractivity contribution in [2.45, 2.75) is 51.6 Å². The lowest BCUT2D eigenvalue weighted by Crippen LogP contribution is -2.37. The lowest BCUT2D eigenvalue weighted by molar-refractivity contribution is -0.138. The van der Waals surface area contributed by atoms with Gasteiger partial charge in [-0.2, -0.15) is 4.98 Å². The molecule has 1 aliphatic heterocycles. The normalized spacial score (nSPS) is 19.1. The Labute approximate surface area is 221 Å². The molecule has 6 rings (SSSR count). The van der Waals surface area contributed by atoms with Crippen LogP contribution in [0.25, 0.3) is 16.9 Å². The van der Waals surface area contributed by atoms with Gasteiger partial charge in [0.1, 0.15) is 0 Å². The van der Waals surface area contributed by atoms with Gasteiger partial charge < -0.3 is 10.0 Å². The number of benzene rings is 1. The number of hydrogen-bond acceptors (Lipinski definition) is 6. The molecule has 200 valence electrons. The molecule has 0 radical (unpaired) electrons. The highest BCUT2D eigenvalue weighted by Crippen LogP contribution is 2.30. The van der Waals surface area contributed by atoms with Crippen molar-refractivity contribution in [3.63, 3.8) is 0 Å². The van der Waals surface area contributed by atoms with E-state index in [4.69, 9.17) is 5.11 Å². The molecule has 3 aromatic rings. The van der Waals surface area contributed by atoms with Crippen molar-refractivity contribution in [1.29, 1.82) is 0 Å². The van der Waals surface area contributed by atoms with E-state index in [0.29, 0.717) is 17.6 Å². The first-order chi connectivity index (χ1) is 18.3. The molecular formula is C28H34N6O4. The summed E-state index contributed by atoms with van der Waals surface area (Å²) >= 11 is 0. The van der Waals surface area contributed by atoms with E-state index < -0.39 is 5.97 Å². The second-order valence-corrected chi connectivity index (χ2v) is 10.5. The molecule has 3 heterocycles. The molecule has 1 atom stereocenters. The Balaban J connectivity index is 0.000000433. The molecule has 2 aliphatic carbocycles. The first kappa shape index (κ1) is 25.8. The van der Waals surface area contributed by atoms with Gasteiger partial charge in [-0.15, -0.1) is 5.10 Å². The summed E-state index contributed by atoms with van der Waals surface area (Å²) in [7, 11) is 1.89. The third-order valence-electron chi connectivity index (χ3n) is 7.42. The number of carbonyl (C=O) groups excluding carboxylic acids is 2. The van der Waals surface area contributed by atoms with Crippen molar-refractivity contribution in [2.24, 2.45) is 11.8 Å². The number of aliphatic carboxylic acids is 1. The standard InChI is InChI=1S/C24H28N6O2.C4H6O2/c1-16(31)28(2)20-12-13-29(15-20)14-17-6-8-18(9-7-17)21-4-3-5-22-25-24(27-30(21)22)26-23(32)19-10-11-19;5-4(6)3-1-2-3/h3-9,19-20H,10-15H2,1-2H3,(H,26,27,32);3H,1-2H2,(H,5,6). The molecule has 0 bridgehead atoms. The van der Waals surface area contributed by atoms with Gasteiger partial charge in [0.15, 0.2) is 5.65 Å². The SMILES string of the molecule is CC(=O)N(C)C1CCN(Cc2ccc(-c3cccc4nc(NC(=O)C5CC5)nn34)cc2)C1.O=C(O)C1CC1. The Bertz CT molecular complexity index is 1330. The van der Waals surface area contributed by atoms with Crippen LogP contribution in [-0.4, -0.2) is 73.5 Å². The average Bonchev–Trinajstić information content (AvgIpc) is 3.83. The molecule has 3 fully saturated rings. The minimum absolute atomic E-state index is 0.00505. The summed E-state index contributed by atoms with van der Waals surface area (Å²) in [6.45, 7) is 4.40. The van der Waals surface area contributed by atoms with E-state index in [2.05, 4.69) is 44.6 Å². The largest absolute Gasteiger partial charge is 0.481 e. The van der Waals surface area contributed by atoms with Gasteiger partial charge in [-0.3, -0.25) is 24.6 Å². The number of carboxylic acids is 1. The predicted octanol–water partition coefficient (Wildman–Crippen LogP) is 3.28. The number of fused-ring (bicyclic) bond motifs is 1. The Morgan fingerprint density at radius 2 is 1.74 bits per heavy atom. The van der Waals surface area contributed by atoms with Gasteiger partial charge >= 0.3 is 5.97 Å². The minimum Gasteiger partial charge on any atom is -0.481 e. The summed E-state index contributed by atoms with van der Waals surface area (Å²) in [6.07, 6.45) is 4.71. The zero-order valence-electron chi connectivity index (χ0n) is 21.8. The molecule has 1 unspecified atom stereocenters. The van der Waals surface area contributed by atoms with E-state index >= 15 is 0 Å². The second-order valence-electron chi connectivity index (χ2n) is 10.5. The number of likely N-dealkylation sites (tertiary alicyclic amines) is 1. The molecule has 2 amide bonds. The third kappa shape index (κ3) is 6.19. The molecule has 2 N–H and O–H groups in total. The smallest absolute Gasteiger partial charge is 0.306 e. The van der Waals surface area contributed by atoms with E-state index in [1.807, 2.05) is 30.1 Å². The molecule has 10 heteroatoms. The Morgan fingerprint density at radius 1 is 1.03 bits per heavy atom. The Morgan fingerprint density at radius 3 is 2.34 bits per heavy atom. The van der Waals surface area contributed by atoms with Crippen molar-refractivity contribution >= 4 is 29.4 Å². The number of carbonyl (C=O) groups is 3. The first-order valence-corrected chi connectivity index (χ1v) is 13.2. The molecule has 10 nitrogen and oxygen atoms in total. The topological polar surface area (TPSA) is 120 Å². The highest BCUT2D eigenvalue weighted by molar-refractivity contribution is 5.92. The minimum atomic E-state index is -0.630. The number of nitrogens with one attached hydrogen (secondary N) is 1. The summed E-state index contributed by atoms with van der Waals surface area (Å²) < 4.78 is 1.78. The molecule has 2 saturated carbocycles. The monoisotopic (exact) mass is 518 g/mol. The summed E-state index contributed by atoms with van der Waals surface area (Å²) in [5.74, 6) is -0.0170. The van der Waals surface area contributed by atoms with E-state index in [1.165, 1.54) is 5.56 Å². The highest BCUT2D eigenvalue weighted by atomic mass is 16.4. The van der Waals surface area contributed by atoms with Gasteiger partial charge in [0.2, 0.25) is 17.8 Å². The molecular weight excluding hydrogens is 484 g/mol. The fourth-order valence-corrected chi connectivity index (χ4v) is 4.63. The molecule has 2 aromatic heterocycles. The maximum Gasteiger partial charge on any atom is 0.306 e. The lowest BCUT2D eigenvalue weighted by atomic mass is 10.1. The van der Waals surface area contributed by atoms with Crippen molar-refractivity contribution < 1.29 is 19.5 Å². The van der Waals surface area contributed by atoms with Gasteiger partial charge in [0, 0.05) is 51.1 Å². The van der Waals surface area contributed by atoms with Crippen LogP contribution in [0, 0.1) is 11.8 Å². The number of likely N-dealkylation sites (N-methyl/N-ethyl adjacent to an activating group) is 1. The van der Waals surface area contributed by atoms with Gasteiger partial charge in [0.25, 0.3) is 0 Å². The van der Waals surface area contributed by atoms with Gasteiger partial charge in [-0.05, 0) is 49.8 Å². The Hall–Kier alpha value is -3.79. The number of anilines is 1. The zero-order chi connectivity index (χ0) is 26.8. The van der Waals surface area contributed by atoms with E-state index in [9.17, 15) is 14.4 Å². The van der Waals surface area contributed by atoms with E-state index in [1.54, 1.807) is 11.4 Å². The number of rotatable bonds is 7. The fraction of sp³-hybridized carbons (Fsp3) is 0.464. The van der Waals surface area contributed by atoms with Crippen molar-refractivity contribution in [3.8, 4) is 11.3 Å². The summed E-state index contributed by atoms with van der Waals surface area (Å²) in [6, 6.07) is 14.6. The van der Waals surface area contributed by atoms with Crippen LogP contribution in [0.2, 0.25) is 0 Å². The predicted molar refractivity (Wildman–Crippen MR) is 142 cm³/mol. The molecule has 3 aliphatic rings. The molecule has 1 saturated heterocycles. The van der Waals surface area contributed by atoms with Gasteiger partial charge in [-0.25, -0.2) is 4.52 Å². The zero-order valence-corrected chi connectivity index (χ0v) is 21.8. The van der Waals surface area contributed by atoms with Crippen molar-refractivity contribution in [3.05, 3.63) is 48.0 Å². The van der Waals surface area contributed by atoms with E-state index in [0.717, 1.165) is 63.0 Å². The number of aromatic nitrogens is 3. The van der Waals surface area contributed by atoms with Crippen LogP contribution in [0.15, 0.2) is 42.5 Å². The van der Waals surface area contributed by atoms with Crippen LogP contribution in [0.5, 0.6) is 0 Å². The average molecular weight is 519 g/mol. The van der Waals surface area contributed by atoms with Crippen LogP contribution in [0.1, 0.15) is 44.6 Å². The number of amides is 2. The number of hydrogen-bond donors (Lipinski definition) is 2. The third-order valence-corrected chi connectivity index (χ3v) is 7.42. The van der Waals surface area contributed by atoms with E-state index in [-0.39, 0.29) is 23.7 Å². The lowest BCUT2D eigenvalue weighted by Gasteiger charge is -2.23. The fourth-order valence-electron chi connectivity index (χ4n) is 4.63. The summed E-state index contributed by atoms with van der Waals surface area (Å²) in [4.78, 5) is 42.1. The first-order valence-electron chi connectivity index (χ1n) is 13.2. The molecule has 38 heavy (non-hydrogen) atoms. The van der Waals surface area contributed by atoms with Crippen molar-refractivity contribution in [2.75, 3.05) is 25.5 Å². The molecule has 1 aromatic carbocycles. The Kier molecular flexibility index (Phi) is 7.42. The summed E-state index contributed by atoms with van der Waals surface area (Å²) in [5, 5.41) is 15.4. The molecule has 0 spiro atoms. The van der Waals surface area contributed by atoms with Crippen LogP contribution in [-0.2, 0) is 20.9 Å². The second kappa shape index (κ2) is 10.9. The number of carboxylic acid groups (broad SMARTS) is 1. The number of nitrogens with zero attached hydrogens (tertiary/aromatic N) is 5. The maximum atomic E-state index is 12.1. The quantitative estimate of drug-likeness (QED) is 0.493. The van der Waals surface area contributed by atoms with Crippen LogP contribution in [0.4, 0.5) is 5.95 Å². The number of pyridine rings is 1. The maximum absolute atomic E-state index is 12.1. The van der Waals surface area contributed by atoms with Gasteiger partial charge in [0.05, 0.1) is 11.6 Å². The highest BCUT2D eigenvalue weighted by Gasteiger charge is 2.31. The van der Waals surface area contributed by atoms with Crippen LogP contribution in [0.3, 0.4) is 0 Å². The van der Waals surface area contributed by atoms with Crippen LogP contribution < -0.4 is 5.32 Å². The van der Waals surface area contributed by atoms with Crippen molar-refractivity contribution in [1.82, 2.24) is 24.4 Å². The van der Waals surface area contributed by atoms with Crippen LogP contribution >= 0.6 is 0 Å². The van der Waals surface area contributed by atoms with Gasteiger partial charge in [-0.1, -0.05) is 30.3 Å².